The van der Waals surface area contributed by atoms with Crippen LogP contribution in [0.5, 0.6) is 0 Å². The van der Waals surface area contributed by atoms with E-state index in [0.29, 0.717) is 0 Å². The van der Waals surface area contributed by atoms with Gasteiger partial charge >= 0.3 is 21.7 Å². The Morgan fingerprint density at radius 2 is 1.03 bits per heavy atom. The van der Waals surface area contributed by atoms with E-state index in [1.807, 2.05) is 72.2 Å². The monoisotopic (exact) mass is 1050 g/mol. The van der Waals surface area contributed by atoms with Crippen molar-refractivity contribution in [3.63, 3.8) is 0 Å². The molecule has 0 aliphatic carbocycles. The van der Waals surface area contributed by atoms with Crippen LogP contribution in [0.2, 0.25) is 137 Å². The molecule has 0 unspecified atom stereocenters. The zero-order valence-corrected chi connectivity index (χ0v) is 51.2. The largest absolute Gasteiger partial charge is 0.535 e. The lowest BCUT2D eigenvalue weighted by atomic mass is 10.3. The molecule has 65 heavy (non-hydrogen) atoms. The number of para-hydroxylation sites is 2. The highest BCUT2D eigenvalue weighted by Crippen LogP contribution is 2.27. The molecule has 23 heteroatoms. The van der Waals surface area contributed by atoms with E-state index in [1.54, 1.807) is 0 Å². The summed E-state index contributed by atoms with van der Waals surface area (Å²) in [5, 5.41) is 2.97. The Labute approximate surface area is 398 Å². The normalized spacial score (nSPS) is 12.8. The fourth-order valence-corrected chi connectivity index (χ4v) is 14.2. The van der Waals surface area contributed by atoms with E-state index in [9.17, 15) is 31.2 Å². The summed E-state index contributed by atoms with van der Waals surface area (Å²) in [5.74, 6) is 0.883. The predicted octanol–water partition coefficient (Wildman–Crippen LogP) is 13.5. The van der Waals surface area contributed by atoms with Crippen LogP contribution >= 0.6 is 0 Å². The molecule has 0 atom stereocenters. The van der Waals surface area contributed by atoms with Crippen molar-refractivity contribution in [2.24, 2.45) is 4.66 Å². The third-order valence-electron chi connectivity index (χ3n) is 6.86. The number of alkyl halides is 3. The predicted molar refractivity (Wildman–Crippen MR) is 290 cm³/mol. The summed E-state index contributed by atoms with van der Waals surface area (Å²) < 4.78 is 74.2. The van der Waals surface area contributed by atoms with Crippen molar-refractivity contribution in [2.45, 2.75) is 150 Å². The summed E-state index contributed by atoms with van der Waals surface area (Å²) >= 11 is 0. The first-order chi connectivity index (χ1) is 28.7. The van der Waals surface area contributed by atoms with Crippen molar-refractivity contribution < 1.29 is 39.5 Å². The molecule has 0 fully saturated rings. The van der Waals surface area contributed by atoms with Crippen LogP contribution in [0.3, 0.4) is 0 Å². The van der Waals surface area contributed by atoms with Crippen LogP contribution < -0.4 is 19.8 Å². The molecule has 1 aromatic heterocycles. The summed E-state index contributed by atoms with van der Waals surface area (Å²) in [4.78, 5) is 29.9. The fourth-order valence-electron chi connectivity index (χ4n) is 4.90. The Kier molecular flexibility index (Phi) is 25.5. The number of halogens is 3. The Balaban J connectivity index is 0. The van der Waals surface area contributed by atoms with Gasteiger partial charge in [0, 0.05) is 18.3 Å². The number of nitrogens with one attached hydrogen (secondary N) is 3. The van der Waals surface area contributed by atoms with Gasteiger partial charge in [0.2, 0.25) is 16.6 Å². The Bertz CT molecular complexity index is 1970. The van der Waals surface area contributed by atoms with E-state index in [-0.39, 0.29) is 12.1 Å². The van der Waals surface area contributed by atoms with E-state index < -0.39 is 73.4 Å². The Morgan fingerprint density at radius 1 is 0.631 bits per heavy atom. The number of aromatic nitrogens is 1. The molecule has 4 amide bonds. The van der Waals surface area contributed by atoms with Crippen LogP contribution in [0, 0.1) is 0 Å². The molecule has 3 aromatic rings. The summed E-state index contributed by atoms with van der Waals surface area (Å²) in [5.41, 5.74) is -3.55. The fraction of sp³-hybridized carbons (Fsp3) is 0.548. The van der Waals surface area contributed by atoms with Crippen molar-refractivity contribution in [3.05, 3.63) is 85.2 Å². The highest BCUT2D eigenvalue weighted by molar-refractivity contribution is 7.88. The average Bonchev–Trinajstić information content (AvgIpc) is 3.58. The topological polar surface area (TPSA) is 143 Å². The van der Waals surface area contributed by atoms with Crippen molar-refractivity contribution in [3.8, 4) is 0 Å². The standard InChI is InChI=1S/C16H20N2OSi.C8H21NOSi2.C7H20N2OSi2.C7H13NSi.C4H9F3O3SSi/c1-20(2,3)18(15-12-8-5-9-13-15)16(19)17-14-10-6-4-7-11-14;1-8(9-11(2,3)4)10-12(5,6)7;1-11(2,3)8-7(10)9-12(4,5)6;1-9(2,3)8-6-4-5-7-8;1-12(2,3)10-11(8,9)4(5,6)7/h4-13H,1-3H3,(H,17,19);1-7H3;1-6H3,(H2,8,9,10);4-7H,1-3H3;1-3H3. The lowest BCUT2D eigenvalue weighted by molar-refractivity contribution is -0.0503. The number of rotatable bonds is 10. The number of urea groups is 2. The zero-order chi connectivity index (χ0) is 51.7. The third-order valence-corrected chi connectivity index (χ3v) is 17.8. The van der Waals surface area contributed by atoms with Gasteiger partial charge in [-0.25, -0.2) is 4.79 Å². The molecule has 0 spiro atoms. The number of hydrogen-bond acceptors (Lipinski definition) is 7. The van der Waals surface area contributed by atoms with E-state index in [2.05, 4.69) is 170 Å². The SMILES string of the molecule is CC(=N[Si](C)(C)C)O[Si](C)(C)C.C[Si](C)(C)N(C(=O)Nc1ccccc1)c1ccccc1.C[Si](C)(C)NC(=O)N[Si](C)(C)C.C[Si](C)(C)OS(=O)(=O)C(F)(F)F.C[Si](C)(C)n1cccc1. The van der Waals surface area contributed by atoms with Gasteiger partial charge in [0.25, 0.3) is 6.03 Å². The molecule has 0 saturated carbocycles. The molecular formula is C42H83F3N6O6SSi7. The quantitative estimate of drug-likeness (QED) is 0.0798. The summed E-state index contributed by atoms with van der Waals surface area (Å²) in [7, 11) is -16.7. The van der Waals surface area contributed by atoms with Gasteiger partial charge in [0.05, 0.1) is 0 Å². The molecule has 3 N–H and O–H groups in total. The minimum atomic E-state index is -5.39. The number of carbonyl (C=O) groups is 2. The highest BCUT2D eigenvalue weighted by atomic mass is 32.2. The number of benzene rings is 2. The van der Waals surface area contributed by atoms with Gasteiger partial charge in [0.1, 0.15) is 16.5 Å². The maximum Gasteiger partial charge on any atom is 0.522 e. The molecule has 0 bridgehead atoms. The molecule has 0 aliphatic heterocycles. The van der Waals surface area contributed by atoms with Crippen molar-refractivity contribution in [2.75, 3.05) is 9.88 Å². The average molecular weight is 1050 g/mol. The van der Waals surface area contributed by atoms with E-state index in [1.165, 1.54) is 19.6 Å². The van der Waals surface area contributed by atoms with Crippen molar-refractivity contribution in [1.29, 1.82) is 0 Å². The van der Waals surface area contributed by atoms with Gasteiger partial charge in [-0.3, -0.25) is 9.45 Å². The van der Waals surface area contributed by atoms with Crippen molar-refractivity contribution >= 4 is 97.3 Å². The summed E-state index contributed by atoms with van der Waals surface area (Å²) in [6.07, 6.45) is 4.29. The second kappa shape index (κ2) is 25.9. The van der Waals surface area contributed by atoms with Gasteiger partial charge in [-0.15, -0.1) is 0 Å². The molecule has 0 radical (unpaired) electrons. The smallest absolute Gasteiger partial charge is 0.522 e. The molecular weight excluding hydrogens is 970 g/mol. The van der Waals surface area contributed by atoms with Crippen LogP contribution in [-0.2, 0) is 18.4 Å². The minimum Gasteiger partial charge on any atom is -0.535 e. The first-order valence-electron chi connectivity index (χ1n) is 21.5. The van der Waals surface area contributed by atoms with Gasteiger partial charge in [-0.05, 0) is 108 Å². The van der Waals surface area contributed by atoms with Crippen LogP contribution in [0.25, 0.3) is 0 Å². The third kappa shape index (κ3) is 34.0. The number of carbonyl (C=O) groups excluding carboxylic acids is 2. The van der Waals surface area contributed by atoms with Gasteiger partial charge in [-0.1, -0.05) is 115 Å². The highest BCUT2D eigenvalue weighted by Gasteiger charge is 2.49. The maximum atomic E-state index is 12.6. The van der Waals surface area contributed by atoms with Crippen LogP contribution in [0.4, 0.5) is 34.1 Å². The van der Waals surface area contributed by atoms with Gasteiger partial charge in [0.15, 0.2) is 30.6 Å². The maximum absolute atomic E-state index is 12.6. The van der Waals surface area contributed by atoms with E-state index in [4.69, 9.17) is 4.43 Å². The summed E-state index contributed by atoms with van der Waals surface area (Å²) in [6.45, 7) is 45.3. The first-order valence-corrected chi connectivity index (χ1v) is 47.0. The zero-order valence-electron chi connectivity index (χ0n) is 43.4. The molecule has 0 aliphatic rings. The number of anilines is 2. The molecule has 2 aromatic carbocycles. The van der Waals surface area contributed by atoms with Gasteiger partial charge in [-0.2, -0.15) is 21.6 Å². The second-order valence-electron chi connectivity index (χ2n) is 22.1. The number of hydrogen-bond donors (Lipinski definition) is 3. The lowest BCUT2D eigenvalue weighted by Crippen LogP contribution is -2.56. The first kappa shape index (κ1) is 64.0. The van der Waals surface area contributed by atoms with Crippen LogP contribution in [-0.4, -0.2) is 93.9 Å². The Morgan fingerprint density at radius 3 is 1.31 bits per heavy atom. The minimum absolute atomic E-state index is 0.00772. The molecule has 3 rings (SSSR count). The number of amides is 4. The molecule has 12 nitrogen and oxygen atoms in total. The van der Waals surface area contributed by atoms with Crippen LogP contribution in [0.1, 0.15) is 6.92 Å². The van der Waals surface area contributed by atoms with E-state index in [0.717, 1.165) is 17.3 Å². The second-order valence-corrected chi connectivity index (χ2v) is 56.5. The molecule has 372 valence electrons. The molecule has 1 heterocycles. The van der Waals surface area contributed by atoms with E-state index >= 15 is 0 Å². The van der Waals surface area contributed by atoms with Crippen LogP contribution in [0.15, 0.2) is 89.8 Å². The van der Waals surface area contributed by atoms with Gasteiger partial charge < -0.3 is 32.4 Å². The van der Waals surface area contributed by atoms with Crippen molar-refractivity contribution in [1.82, 2.24) is 14.2 Å². The molecule has 0 saturated heterocycles. The summed E-state index contributed by atoms with van der Waals surface area (Å²) in [6, 6.07) is 23.5. The number of nitrogens with zero attached hydrogens (tertiary/aromatic N) is 3. The lowest BCUT2D eigenvalue weighted by Gasteiger charge is -2.34. The Hall–Kier alpha value is -3.05.